The van der Waals surface area contributed by atoms with Gasteiger partial charge in [-0.25, -0.2) is 0 Å². The fourth-order valence-electron chi connectivity index (χ4n) is 3.02. The van der Waals surface area contributed by atoms with E-state index in [1.807, 2.05) is 31.2 Å². The van der Waals surface area contributed by atoms with Crippen LogP contribution in [0.3, 0.4) is 0 Å². The average molecular weight is 311 g/mol. The van der Waals surface area contributed by atoms with Crippen molar-refractivity contribution in [1.29, 1.82) is 0 Å². The summed E-state index contributed by atoms with van der Waals surface area (Å²) in [5.41, 5.74) is 1.17. The van der Waals surface area contributed by atoms with Gasteiger partial charge in [0.25, 0.3) is 0 Å². The molecule has 0 amide bonds. The van der Waals surface area contributed by atoms with E-state index in [9.17, 15) is 9.90 Å². The summed E-state index contributed by atoms with van der Waals surface area (Å²) in [5, 5.41) is 13.3. The van der Waals surface area contributed by atoms with Crippen molar-refractivity contribution in [2.24, 2.45) is 0 Å². The van der Waals surface area contributed by atoms with Crippen LogP contribution in [-0.2, 0) is 11.3 Å². The largest absolute Gasteiger partial charge is 0.480 e. The highest BCUT2D eigenvalue weighted by Crippen LogP contribution is 2.23. The molecule has 1 fully saturated rings. The number of carboxylic acids is 1. The van der Waals surface area contributed by atoms with Gasteiger partial charge in [-0.05, 0) is 43.6 Å². The van der Waals surface area contributed by atoms with Gasteiger partial charge in [0.1, 0.15) is 6.04 Å². The third-order valence-electron chi connectivity index (χ3n) is 4.04. The Balaban J connectivity index is 2.10. The Morgan fingerprint density at radius 3 is 2.76 bits per heavy atom. The molecule has 1 aliphatic heterocycles. The Labute approximate surface area is 131 Å². The number of carbonyl (C=O) groups is 1. The molecule has 2 rings (SSSR count). The van der Waals surface area contributed by atoms with E-state index in [1.165, 1.54) is 5.56 Å². The van der Waals surface area contributed by atoms with Gasteiger partial charge in [0.05, 0.1) is 0 Å². The Morgan fingerprint density at radius 2 is 2.14 bits per heavy atom. The summed E-state index contributed by atoms with van der Waals surface area (Å²) < 4.78 is 0. The number of aliphatic carboxylic acids is 1. The summed E-state index contributed by atoms with van der Waals surface area (Å²) in [6.45, 7) is 4.34. The van der Waals surface area contributed by atoms with Crippen molar-refractivity contribution in [3.8, 4) is 0 Å². The highest BCUT2D eigenvalue weighted by molar-refractivity contribution is 6.30. The first-order chi connectivity index (χ1) is 10.1. The van der Waals surface area contributed by atoms with E-state index >= 15 is 0 Å². The number of rotatable bonds is 6. The molecule has 2 unspecified atom stereocenters. The van der Waals surface area contributed by atoms with Crippen molar-refractivity contribution in [2.45, 2.75) is 44.8 Å². The summed E-state index contributed by atoms with van der Waals surface area (Å²) in [5.74, 6) is -0.759. The van der Waals surface area contributed by atoms with Crippen LogP contribution < -0.4 is 5.32 Å². The van der Waals surface area contributed by atoms with Crippen LogP contribution in [0.2, 0.25) is 5.02 Å². The van der Waals surface area contributed by atoms with Crippen LogP contribution in [0, 0.1) is 0 Å². The number of carboxylic acid groups (broad SMARTS) is 1. The Hall–Kier alpha value is -1.10. The number of hydrogen-bond donors (Lipinski definition) is 2. The molecule has 1 saturated heterocycles. The Morgan fingerprint density at radius 1 is 1.43 bits per heavy atom. The van der Waals surface area contributed by atoms with Gasteiger partial charge < -0.3 is 10.4 Å². The summed E-state index contributed by atoms with van der Waals surface area (Å²) in [4.78, 5) is 13.8. The van der Waals surface area contributed by atoms with Crippen molar-refractivity contribution in [1.82, 2.24) is 10.2 Å². The molecule has 0 spiro atoms. The zero-order valence-corrected chi connectivity index (χ0v) is 13.1. The van der Waals surface area contributed by atoms with Crippen LogP contribution in [-0.4, -0.2) is 41.1 Å². The monoisotopic (exact) mass is 310 g/mol. The van der Waals surface area contributed by atoms with Crippen LogP contribution in [0.1, 0.15) is 31.7 Å². The summed E-state index contributed by atoms with van der Waals surface area (Å²) in [6.07, 6.45) is 3.15. The molecule has 2 N–H and O–H groups in total. The van der Waals surface area contributed by atoms with Crippen LogP contribution in [0.4, 0.5) is 0 Å². The third-order valence-corrected chi connectivity index (χ3v) is 4.29. The Bertz CT molecular complexity index is 464. The molecular weight excluding hydrogens is 288 g/mol. The van der Waals surface area contributed by atoms with E-state index in [0.717, 1.165) is 37.4 Å². The number of piperidine rings is 1. The molecule has 1 heterocycles. The SMILES string of the molecule is CCNC(C(=O)O)C1CCCCN1Cc1ccc(Cl)cc1. The van der Waals surface area contributed by atoms with Crippen LogP contribution in [0.5, 0.6) is 0 Å². The lowest BCUT2D eigenvalue weighted by Gasteiger charge is -2.39. The zero-order valence-electron chi connectivity index (χ0n) is 12.4. The number of benzene rings is 1. The Kier molecular flexibility index (Phi) is 6.03. The quantitative estimate of drug-likeness (QED) is 0.848. The van der Waals surface area contributed by atoms with Crippen LogP contribution in [0.25, 0.3) is 0 Å². The number of hydrogen-bond acceptors (Lipinski definition) is 3. The predicted octanol–water partition coefficient (Wildman–Crippen LogP) is 2.76. The molecule has 5 heteroatoms. The van der Waals surface area contributed by atoms with Gasteiger partial charge in [0.15, 0.2) is 0 Å². The minimum absolute atomic E-state index is 0.0480. The van der Waals surface area contributed by atoms with Gasteiger partial charge in [-0.2, -0.15) is 0 Å². The highest BCUT2D eigenvalue weighted by atomic mass is 35.5. The first-order valence-electron chi connectivity index (χ1n) is 7.56. The van der Waals surface area contributed by atoms with Gasteiger partial charge in [-0.15, -0.1) is 0 Å². The number of halogens is 1. The molecule has 0 saturated carbocycles. The van der Waals surface area contributed by atoms with Gasteiger partial charge in [0, 0.05) is 17.6 Å². The lowest BCUT2D eigenvalue weighted by molar-refractivity contribution is -0.142. The topological polar surface area (TPSA) is 52.6 Å². The fourth-order valence-corrected chi connectivity index (χ4v) is 3.15. The molecule has 1 aromatic carbocycles. The van der Waals surface area contributed by atoms with Crippen LogP contribution in [0.15, 0.2) is 24.3 Å². The van der Waals surface area contributed by atoms with Crippen molar-refractivity contribution in [3.05, 3.63) is 34.9 Å². The molecule has 2 atom stereocenters. The van der Waals surface area contributed by atoms with E-state index in [2.05, 4.69) is 10.2 Å². The molecule has 1 aliphatic rings. The van der Waals surface area contributed by atoms with Crippen molar-refractivity contribution in [2.75, 3.05) is 13.1 Å². The minimum Gasteiger partial charge on any atom is -0.480 e. The second-order valence-electron chi connectivity index (χ2n) is 5.53. The molecule has 1 aromatic rings. The molecule has 0 radical (unpaired) electrons. The molecule has 0 aliphatic carbocycles. The van der Waals surface area contributed by atoms with E-state index in [4.69, 9.17) is 11.6 Å². The van der Waals surface area contributed by atoms with E-state index in [1.54, 1.807) is 0 Å². The van der Waals surface area contributed by atoms with Gasteiger partial charge in [-0.3, -0.25) is 9.69 Å². The lowest BCUT2D eigenvalue weighted by Crippen LogP contribution is -2.55. The predicted molar refractivity (Wildman–Crippen MR) is 84.6 cm³/mol. The number of nitrogens with one attached hydrogen (secondary N) is 1. The summed E-state index contributed by atoms with van der Waals surface area (Å²) in [6, 6.07) is 7.34. The van der Waals surface area contributed by atoms with E-state index in [-0.39, 0.29) is 6.04 Å². The second-order valence-corrected chi connectivity index (χ2v) is 5.97. The zero-order chi connectivity index (χ0) is 15.2. The standard InChI is InChI=1S/C16H23ClN2O2/c1-2-18-15(16(20)21)14-5-3-4-10-19(14)11-12-6-8-13(17)9-7-12/h6-9,14-15,18H,2-5,10-11H2,1H3,(H,20,21). The normalized spacial score (nSPS) is 21.1. The molecule has 21 heavy (non-hydrogen) atoms. The maximum absolute atomic E-state index is 11.5. The average Bonchev–Trinajstić information content (AvgIpc) is 2.48. The molecule has 0 bridgehead atoms. The number of nitrogens with zero attached hydrogens (tertiary/aromatic N) is 1. The van der Waals surface area contributed by atoms with Gasteiger partial charge in [-0.1, -0.05) is 37.1 Å². The van der Waals surface area contributed by atoms with Gasteiger partial charge in [0.2, 0.25) is 0 Å². The molecule has 0 aromatic heterocycles. The van der Waals surface area contributed by atoms with Gasteiger partial charge >= 0.3 is 5.97 Å². The molecular formula is C16H23ClN2O2. The first-order valence-corrected chi connectivity index (χ1v) is 7.94. The first kappa shape index (κ1) is 16.3. The van der Waals surface area contributed by atoms with E-state index < -0.39 is 12.0 Å². The fraction of sp³-hybridized carbons (Fsp3) is 0.562. The molecule has 116 valence electrons. The maximum atomic E-state index is 11.5. The summed E-state index contributed by atoms with van der Waals surface area (Å²) >= 11 is 5.92. The summed E-state index contributed by atoms with van der Waals surface area (Å²) in [7, 11) is 0. The third kappa shape index (κ3) is 4.43. The second kappa shape index (κ2) is 7.78. The molecule has 4 nitrogen and oxygen atoms in total. The lowest BCUT2D eigenvalue weighted by atomic mass is 9.94. The number of likely N-dealkylation sites (tertiary alicyclic amines) is 1. The van der Waals surface area contributed by atoms with Crippen LogP contribution >= 0.6 is 11.6 Å². The van der Waals surface area contributed by atoms with Crippen molar-refractivity contribution < 1.29 is 9.90 Å². The highest BCUT2D eigenvalue weighted by Gasteiger charge is 2.33. The van der Waals surface area contributed by atoms with E-state index in [0.29, 0.717) is 6.54 Å². The van der Waals surface area contributed by atoms with Crippen molar-refractivity contribution in [3.63, 3.8) is 0 Å². The number of likely N-dealkylation sites (N-methyl/N-ethyl adjacent to an activating group) is 1. The maximum Gasteiger partial charge on any atom is 0.322 e. The minimum atomic E-state index is -0.759. The van der Waals surface area contributed by atoms with Crippen molar-refractivity contribution >= 4 is 17.6 Å². The smallest absolute Gasteiger partial charge is 0.322 e.